The molecule has 3 aliphatic rings. The molecule has 3 amide bonds. The van der Waals surface area contributed by atoms with E-state index in [1.54, 1.807) is 0 Å². The number of carbonyl (C=O) groups excluding carboxylic acids is 3. The van der Waals surface area contributed by atoms with Gasteiger partial charge < -0.3 is 30.1 Å². The monoisotopic (exact) mass is 555 g/mol. The van der Waals surface area contributed by atoms with Crippen molar-refractivity contribution in [3.63, 3.8) is 0 Å². The summed E-state index contributed by atoms with van der Waals surface area (Å²) < 4.78 is 11.7. The Morgan fingerprint density at radius 2 is 1.82 bits per heavy atom. The number of aliphatic carboxylic acids is 1. The number of hydrogen-bond donors (Lipinski definition) is 3. The number of carboxylic acid groups (broad SMARTS) is 1. The Bertz CT molecular complexity index is 1110. The van der Waals surface area contributed by atoms with Crippen LogP contribution in [-0.2, 0) is 30.5 Å². The van der Waals surface area contributed by atoms with Gasteiger partial charge in [0.25, 0.3) is 0 Å². The average Bonchev–Trinajstić information content (AvgIpc) is 3.20. The number of benzene rings is 1. The molecule has 1 aromatic carbocycles. The van der Waals surface area contributed by atoms with Gasteiger partial charge in [0.05, 0.1) is 12.7 Å². The number of amides is 3. The van der Waals surface area contributed by atoms with Crippen LogP contribution in [0.25, 0.3) is 0 Å². The number of alkyl carbamates (subject to hydrolysis) is 1. The Kier molecular flexibility index (Phi) is 8.87. The first-order valence-electron chi connectivity index (χ1n) is 14.1. The maximum atomic E-state index is 14.0. The second-order valence-corrected chi connectivity index (χ2v) is 12.2. The predicted molar refractivity (Wildman–Crippen MR) is 147 cm³/mol. The molecule has 4 rings (SSSR count). The van der Waals surface area contributed by atoms with Crippen molar-refractivity contribution >= 4 is 23.9 Å². The van der Waals surface area contributed by atoms with E-state index in [1.807, 2.05) is 51.1 Å². The van der Waals surface area contributed by atoms with Crippen LogP contribution in [0.15, 0.2) is 43.0 Å². The number of nitrogens with one attached hydrogen (secondary N) is 2. The summed E-state index contributed by atoms with van der Waals surface area (Å²) in [5.41, 5.74) is -1.17. The van der Waals surface area contributed by atoms with Crippen LogP contribution in [0, 0.1) is 11.3 Å². The Morgan fingerprint density at radius 1 is 1.15 bits per heavy atom. The molecule has 218 valence electrons. The molecule has 1 saturated heterocycles. The number of likely N-dealkylation sites (tertiary alicyclic amines) is 1. The van der Waals surface area contributed by atoms with Crippen LogP contribution < -0.4 is 10.6 Å². The van der Waals surface area contributed by atoms with Crippen molar-refractivity contribution in [2.45, 2.75) is 95.7 Å². The van der Waals surface area contributed by atoms with Crippen molar-refractivity contribution < 1.29 is 33.8 Å². The topological polar surface area (TPSA) is 134 Å². The second-order valence-electron chi connectivity index (χ2n) is 12.2. The van der Waals surface area contributed by atoms with E-state index in [9.17, 15) is 24.3 Å². The molecule has 0 bridgehead atoms. The largest absolute Gasteiger partial charge is 0.479 e. The van der Waals surface area contributed by atoms with E-state index in [0.717, 1.165) is 31.2 Å². The van der Waals surface area contributed by atoms with Crippen molar-refractivity contribution in [3.05, 3.63) is 48.6 Å². The van der Waals surface area contributed by atoms with Gasteiger partial charge in [0.2, 0.25) is 11.8 Å². The number of nitrogens with zero attached hydrogens (tertiary/aromatic N) is 1. The number of carbonyl (C=O) groups is 4. The first kappa shape index (κ1) is 29.6. The fourth-order valence-electron chi connectivity index (χ4n) is 5.64. The van der Waals surface area contributed by atoms with Crippen LogP contribution in [0.1, 0.15) is 64.9 Å². The zero-order chi connectivity index (χ0) is 29.1. The maximum absolute atomic E-state index is 14.0. The van der Waals surface area contributed by atoms with Gasteiger partial charge in [-0.25, -0.2) is 9.59 Å². The van der Waals surface area contributed by atoms with Gasteiger partial charge >= 0.3 is 12.1 Å². The SMILES string of the molecule is C=CC1C[C@]1(NC(=O)[C@@H]1C[C@@H](OCc2ccccc2)CN1C(=O)[C@@H](NC(=O)OC1CCCC1)C(C)(C)C)C(=O)O. The molecule has 1 unspecified atom stereocenters. The molecule has 40 heavy (non-hydrogen) atoms. The molecule has 1 heterocycles. The zero-order valence-corrected chi connectivity index (χ0v) is 23.6. The number of ether oxygens (including phenoxy) is 2. The molecule has 10 nitrogen and oxygen atoms in total. The Labute approximate surface area is 235 Å². The van der Waals surface area contributed by atoms with Crippen molar-refractivity contribution in [3.8, 4) is 0 Å². The molecule has 0 radical (unpaired) electrons. The molecule has 5 atom stereocenters. The van der Waals surface area contributed by atoms with E-state index in [-0.39, 0.29) is 31.4 Å². The number of rotatable bonds is 10. The fraction of sp³-hybridized carbons (Fsp3) is 0.600. The normalized spacial score (nSPS) is 27.1. The van der Waals surface area contributed by atoms with E-state index >= 15 is 0 Å². The van der Waals surface area contributed by atoms with Gasteiger partial charge in [0, 0.05) is 18.9 Å². The van der Waals surface area contributed by atoms with Gasteiger partial charge in [0.1, 0.15) is 23.7 Å². The molecule has 2 aliphatic carbocycles. The highest BCUT2D eigenvalue weighted by Gasteiger charge is 2.61. The summed E-state index contributed by atoms with van der Waals surface area (Å²) in [5.74, 6) is -2.53. The lowest BCUT2D eigenvalue weighted by molar-refractivity contribution is -0.146. The van der Waals surface area contributed by atoms with Crippen molar-refractivity contribution in [2.75, 3.05) is 6.54 Å². The van der Waals surface area contributed by atoms with E-state index < -0.39 is 53.0 Å². The standard InChI is InChI=1S/C30H41N3O7/c1-5-20-16-30(20,27(36)37)32-25(34)23-15-22(39-18-19-11-7-6-8-12-19)17-33(23)26(35)24(29(2,3)4)31-28(38)40-21-13-9-10-14-21/h5-8,11-12,20-24H,1,9-10,13-18H2,2-4H3,(H,31,38)(H,32,34)(H,36,37)/t20?,22-,23+,24-,30-/m1/s1. The van der Waals surface area contributed by atoms with Crippen molar-refractivity contribution in [2.24, 2.45) is 11.3 Å². The van der Waals surface area contributed by atoms with Gasteiger partial charge in [-0.15, -0.1) is 6.58 Å². The highest BCUT2D eigenvalue weighted by atomic mass is 16.6. The number of hydrogen-bond acceptors (Lipinski definition) is 6. The van der Waals surface area contributed by atoms with Crippen LogP contribution in [0.5, 0.6) is 0 Å². The third-order valence-electron chi connectivity index (χ3n) is 8.16. The molecular weight excluding hydrogens is 514 g/mol. The lowest BCUT2D eigenvalue weighted by atomic mass is 9.85. The minimum Gasteiger partial charge on any atom is -0.479 e. The van der Waals surface area contributed by atoms with E-state index in [1.165, 1.54) is 11.0 Å². The summed E-state index contributed by atoms with van der Waals surface area (Å²) in [6.07, 6.45) is 4.27. The number of carboxylic acids is 1. The third-order valence-corrected chi connectivity index (χ3v) is 8.16. The lowest BCUT2D eigenvalue weighted by Crippen LogP contribution is -2.59. The smallest absolute Gasteiger partial charge is 0.408 e. The third kappa shape index (κ3) is 6.66. The van der Waals surface area contributed by atoms with Gasteiger partial charge in [-0.2, -0.15) is 0 Å². The molecule has 0 aromatic heterocycles. The molecule has 3 fully saturated rings. The van der Waals surface area contributed by atoms with Crippen LogP contribution >= 0.6 is 0 Å². The maximum Gasteiger partial charge on any atom is 0.408 e. The van der Waals surface area contributed by atoms with E-state index in [0.29, 0.717) is 6.61 Å². The summed E-state index contributed by atoms with van der Waals surface area (Å²) in [7, 11) is 0. The predicted octanol–water partition coefficient (Wildman–Crippen LogP) is 3.40. The highest BCUT2D eigenvalue weighted by Crippen LogP contribution is 2.45. The first-order valence-corrected chi connectivity index (χ1v) is 14.1. The summed E-state index contributed by atoms with van der Waals surface area (Å²) in [6.45, 7) is 9.60. The minimum absolute atomic E-state index is 0.126. The summed E-state index contributed by atoms with van der Waals surface area (Å²) in [6, 6.07) is 7.63. The molecule has 0 spiro atoms. The quantitative estimate of drug-likeness (QED) is 0.377. The summed E-state index contributed by atoms with van der Waals surface area (Å²) >= 11 is 0. The van der Waals surface area contributed by atoms with Gasteiger partial charge in [-0.05, 0) is 43.1 Å². The summed E-state index contributed by atoms with van der Waals surface area (Å²) in [5, 5.41) is 15.3. The average molecular weight is 556 g/mol. The van der Waals surface area contributed by atoms with E-state index in [2.05, 4.69) is 17.2 Å². The van der Waals surface area contributed by atoms with Crippen LogP contribution in [0.3, 0.4) is 0 Å². The first-order chi connectivity index (χ1) is 18.9. The minimum atomic E-state index is -1.43. The van der Waals surface area contributed by atoms with Crippen LogP contribution in [-0.4, -0.2) is 70.3 Å². The Morgan fingerprint density at radius 3 is 2.40 bits per heavy atom. The Hall–Kier alpha value is -3.40. The molecule has 10 heteroatoms. The molecule has 3 N–H and O–H groups in total. The highest BCUT2D eigenvalue weighted by molar-refractivity contribution is 5.96. The Balaban J connectivity index is 1.52. The van der Waals surface area contributed by atoms with Crippen LogP contribution in [0.2, 0.25) is 0 Å². The summed E-state index contributed by atoms with van der Waals surface area (Å²) in [4.78, 5) is 53.8. The second kappa shape index (κ2) is 12.0. The van der Waals surface area contributed by atoms with Gasteiger partial charge in [0.15, 0.2) is 0 Å². The molecular formula is C30H41N3O7. The van der Waals surface area contributed by atoms with Crippen molar-refractivity contribution in [1.82, 2.24) is 15.5 Å². The zero-order valence-electron chi connectivity index (χ0n) is 23.6. The fourth-order valence-corrected chi connectivity index (χ4v) is 5.64. The van der Waals surface area contributed by atoms with Crippen LogP contribution in [0.4, 0.5) is 4.79 Å². The van der Waals surface area contributed by atoms with Gasteiger partial charge in [-0.3, -0.25) is 9.59 Å². The van der Waals surface area contributed by atoms with Gasteiger partial charge in [-0.1, -0.05) is 57.2 Å². The molecule has 1 aliphatic heterocycles. The van der Waals surface area contributed by atoms with E-state index in [4.69, 9.17) is 9.47 Å². The lowest BCUT2D eigenvalue weighted by Gasteiger charge is -2.35. The molecule has 1 aromatic rings. The van der Waals surface area contributed by atoms with Crippen molar-refractivity contribution in [1.29, 1.82) is 0 Å². The molecule has 2 saturated carbocycles.